The van der Waals surface area contributed by atoms with Gasteiger partial charge in [0.2, 0.25) is 11.5 Å². The Morgan fingerprint density at radius 3 is 2.82 bits per heavy atom. The molecule has 0 aromatic carbocycles. The molecule has 0 fully saturated rings. The molecule has 4 rings (SSSR count). The molecule has 2 amide bonds. The minimum absolute atomic E-state index is 0.0557. The molecular formula is C18H14N6O3S. The number of thioether (sulfide) groups is 1. The predicted octanol–water partition coefficient (Wildman–Crippen LogP) is 0.746. The van der Waals surface area contributed by atoms with Crippen LogP contribution in [0.25, 0.3) is 4.91 Å². The fourth-order valence-corrected chi connectivity index (χ4v) is 3.82. The molecule has 9 nitrogen and oxygen atoms in total. The van der Waals surface area contributed by atoms with E-state index in [1.165, 1.54) is 34.7 Å². The van der Waals surface area contributed by atoms with E-state index in [1.807, 2.05) is 0 Å². The first-order valence-electron chi connectivity index (χ1n) is 8.11. The fraction of sp³-hybridized carbons (Fsp3) is 0.0556. The van der Waals surface area contributed by atoms with Crippen LogP contribution in [0.2, 0.25) is 0 Å². The lowest BCUT2D eigenvalue weighted by molar-refractivity contribution is -0.112. The maximum absolute atomic E-state index is 12.6. The molecule has 5 N–H and O–H groups in total. The van der Waals surface area contributed by atoms with Crippen LogP contribution in [0.4, 0.5) is 5.69 Å². The highest BCUT2D eigenvalue weighted by Crippen LogP contribution is 2.39. The number of amides is 2. The molecule has 0 spiro atoms. The molecule has 2 aliphatic rings. The zero-order chi connectivity index (χ0) is 20.0. The van der Waals surface area contributed by atoms with E-state index >= 15 is 0 Å². The molecule has 0 atom stereocenters. The monoisotopic (exact) mass is 394 g/mol. The zero-order valence-corrected chi connectivity index (χ0v) is 15.4. The van der Waals surface area contributed by atoms with Crippen LogP contribution in [-0.2, 0) is 11.8 Å². The Hall–Kier alpha value is -3.66. The van der Waals surface area contributed by atoms with Crippen LogP contribution >= 0.6 is 11.8 Å². The van der Waals surface area contributed by atoms with Crippen molar-refractivity contribution in [1.82, 2.24) is 14.9 Å². The van der Waals surface area contributed by atoms with Crippen molar-refractivity contribution in [2.24, 2.45) is 12.8 Å². The number of nitrogens with one attached hydrogen (secondary N) is 3. The van der Waals surface area contributed by atoms with E-state index in [0.717, 1.165) is 10.5 Å². The molecule has 2 aliphatic heterocycles. The Bertz CT molecular complexity index is 1190. The van der Waals surface area contributed by atoms with E-state index in [1.54, 1.807) is 25.5 Å². The Balaban J connectivity index is 1.68. The molecule has 28 heavy (non-hydrogen) atoms. The maximum Gasteiger partial charge on any atom is 0.260 e. The van der Waals surface area contributed by atoms with Gasteiger partial charge in [-0.3, -0.25) is 24.8 Å². The van der Waals surface area contributed by atoms with Crippen LogP contribution < -0.4 is 21.9 Å². The lowest BCUT2D eigenvalue weighted by Crippen LogP contribution is -2.31. The zero-order valence-electron chi connectivity index (χ0n) is 14.6. The molecule has 140 valence electrons. The molecule has 2 aromatic rings. The Kier molecular flexibility index (Phi) is 4.12. The SMILES string of the molecule is Cn1cc(C2=CN/C(=C3\C(=N)c4ncc(C(N)=O)cc4NC3=O)S2)ccc1=O. The minimum Gasteiger partial charge on any atom is -0.366 e. The quantitative estimate of drug-likeness (QED) is 0.554. The number of carbonyl (C=O) groups excluding carboxylic acids is 2. The summed E-state index contributed by atoms with van der Waals surface area (Å²) < 4.78 is 1.47. The predicted molar refractivity (Wildman–Crippen MR) is 106 cm³/mol. The van der Waals surface area contributed by atoms with Crippen LogP contribution in [0.15, 0.2) is 52.2 Å². The van der Waals surface area contributed by atoms with Crippen molar-refractivity contribution in [2.75, 3.05) is 5.32 Å². The number of carbonyl (C=O) groups is 2. The van der Waals surface area contributed by atoms with Crippen molar-refractivity contribution in [3.63, 3.8) is 0 Å². The normalized spacial score (nSPS) is 18.2. The van der Waals surface area contributed by atoms with Gasteiger partial charge in [-0.2, -0.15) is 0 Å². The molecule has 0 aliphatic carbocycles. The number of nitrogens with zero attached hydrogens (tertiary/aromatic N) is 2. The number of fused-ring (bicyclic) bond motifs is 1. The number of hydrogen-bond acceptors (Lipinski definition) is 7. The van der Waals surface area contributed by atoms with E-state index < -0.39 is 11.8 Å². The van der Waals surface area contributed by atoms with Gasteiger partial charge >= 0.3 is 0 Å². The third-order valence-corrected chi connectivity index (χ3v) is 5.38. The number of aryl methyl sites for hydroxylation is 1. The van der Waals surface area contributed by atoms with Gasteiger partial charge in [0.25, 0.3) is 5.91 Å². The van der Waals surface area contributed by atoms with Crippen LogP contribution in [0.1, 0.15) is 21.6 Å². The molecule has 4 heterocycles. The summed E-state index contributed by atoms with van der Waals surface area (Å²) in [6, 6.07) is 4.57. The van der Waals surface area contributed by atoms with Gasteiger partial charge in [-0.15, -0.1) is 0 Å². The van der Waals surface area contributed by atoms with Crippen LogP contribution in [0.3, 0.4) is 0 Å². The molecule has 0 saturated carbocycles. The number of pyridine rings is 2. The van der Waals surface area contributed by atoms with Crippen molar-refractivity contribution in [1.29, 1.82) is 5.41 Å². The Morgan fingerprint density at radius 2 is 2.11 bits per heavy atom. The molecule has 0 unspecified atom stereocenters. The van der Waals surface area contributed by atoms with Gasteiger partial charge in [-0.1, -0.05) is 11.8 Å². The molecular weight excluding hydrogens is 380 g/mol. The summed E-state index contributed by atoms with van der Waals surface area (Å²) >= 11 is 1.29. The van der Waals surface area contributed by atoms with Gasteiger partial charge in [0.15, 0.2) is 0 Å². The van der Waals surface area contributed by atoms with Crippen molar-refractivity contribution in [2.45, 2.75) is 0 Å². The van der Waals surface area contributed by atoms with E-state index in [0.29, 0.717) is 5.03 Å². The average Bonchev–Trinajstić information content (AvgIpc) is 3.13. The molecule has 2 aromatic heterocycles. The second-order valence-electron chi connectivity index (χ2n) is 6.14. The lowest BCUT2D eigenvalue weighted by Gasteiger charge is -2.21. The molecule has 10 heteroatoms. The largest absolute Gasteiger partial charge is 0.366 e. The fourth-order valence-electron chi connectivity index (χ4n) is 2.83. The van der Waals surface area contributed by atoms with Gasteiger partial charge in [-0.05, 0) is 12.1 Å². The number of aromatic nitrogens is 2. The molecule has 0 bridgehead atoms. The molecule has 0 radical (unpaired) electrons. The van der Waals surface area contributed by atoms with Crippen molar-refractivity contribution in [3.05, 3.63) is 74.6 Å². The van der Waals surface area contributed by atoms with Crippen LogP contribution in [0, 0.1) is 5.41 Å². The first-order valence-corrected chi connectivity index (χ1v) is 8.93. The number of nitrogens with two attached hydrogens (primary N) is 1. The Labute approximate surface area is 162 Å². The van der Waals surface area contributed by atoms with Crippen molar-refractivity contribution >= 4 is 39.9 Å². The van der Waals surface area contributed by atoms with Gasteiger partial charge in [0, 0.05) is 42.2 Å². The standard InChI is InChI=1S/C18H14N6O3S/c1-24-7-8(2-3-12(24)25)11-6-22-18(28-11)13-14(19)15-10(23-17(13)27)4-9(5-21-15)16(20)26/h2-7,19,22H,1H3,(H2,20,26)(H,23,27)/b18-13-,19-14?. The molecule has 0 saturated heterocycles. The summed E-state index contributed by atoms with van der Waals surface area (Å²) in [7, 11) is 1.66. The summed E-state index contributed by atoms with van der Waals surface area (Å²) in [6.07, 6.45) is 4.69. The highest BCUT2D eigenvalue weighted by molar-refractivity contribution is 8.12. The smallest absolute Gasteiger partial charge is 0.260 e. The number of anilines is 1. The summed E-state index contributed by atoms with van der Waals surface area (Å²) in [5.74, 6) is -1.15. The highest BCUT2D eigenvalue weighted by Gasteiger charge is 2.32. The average molecular weight is 394 g/mol. The van der Waals surface area contributed by atoms with Gasteiger partial charge in [0.1, 0.15) is 5.69 Å². The summed E-state index contributed by atoms with van der Waals surface area (Å²) in [4.78, 5) is 40.4. The van der Waals surface area contributed by atoms with E-state index in [-0.39, 0.29) is 33.8 Å². The highest BCUT2D eigenvalue weighted by atomic mass is 32.2. The Morgan fingerprint density at radius 1 is 1.32 bits per heavy atom. The van der Waals surface area contributed by atoms with E-state index in [4.69, 9.17) is 11.1 Å². The maximum atomic E-state index is 12.6. The second-order valence-corrected chi connectivity index (χ2v) is 7.19. The van der Waals surface area contributed by atoms with Crippen molar-refractivity contribution in [3.8, 4) is 0 Å². The number of primary amides is 1. The topological polar surface area (TPSA) is 143 Å². The van der Waals surface area contributed by atoms with E-state index in [2.05, 4.69) is 15.6 Å². The van der Waals surface area contributed by atoms with Gasteiger partial charge in [0.05, 0.1) is 27.6 Å². The van der Waals surface area contributed by atoms with Crippen LogP contribution in [-0.4, -0.2) is 27.1 Å². The third kappa shape index (κ3) is 2.89. The van der Waals surface area contributed by atoms with E-state index in [9.17, 15) is 14.4 Å². The minimum atomic E-state index is -0.667. The number of rotatable bonds is 2. The van der Waals surface area contributed by atoms with Crippen LogP contribution in [0.5, 0.6) is 0 Å². The second kappa shape index (κ2) is 6.50. The lowest BCUT2D eigenvalue weighted by atomic mass is 10.0. The first-order chi connectivity index (χ1) is 13.3. The number of hydrogen-bond donors (Lipinski definition) is 4. The summed E-state index contributed by atoms with van der Waals surface area (Å²) in [5.41, 5.74) is 6.69. The third-order valence-electron chi connectivity index (χ3n) is 4.28. The summed E-state index contributed by atoms with van der Waals surface area (Å²) in [6.45, 7) is 0. The summed E-state index contributed by atoms with van der Waals surface area (Å²) in [5, 5.41) is 14.6. The van der Waals surface area contributed by atoms with Gasteiger partial charge in [-0.25, -0.2) is 0 Å². The van der Waals surface area contributed by atoms with Crippen molar-refractivity contribution < 1.29 is 9.59 Å². The first kappa shape index (κ1) is 17.7. The van der Waals surface area contributed by atoms with Gasteiger partial charge < -0.3 is 20.9 Å².